The van der Waals surface area contributed by atoms with Crippen molar-refractivity contribution in [3.63, 3.8) is 0 Å². The topological polar surface area (TPSA) is 78.9 Å². The number of rotatable bonds is 2. The fraction of sp³-hybridized carbons (Fsp3) is 0.0667. The molecule has 21 heavy (non-hydrogen) atoms. The first-order valence-corrected chi connectivity index (χ1v) is 6.81. The molecule has 0 saturated heterocycles. The molecule has 0 fully saturated rings. The smallest absolute Gasteiger partial charge is 0.256 e. The molecule has 0 unspecified atom stereocenters. The number of nitriles is 1. The SMILES string of the molecule is N#Cc1c(F)cccc1NC(=O)c1csc(C#CCN)c1. The van der Waals surface area contributed by atoms with Gasteiger partial charge in [0.1, 0.15) is 17.4 Å². The Labute approximate surface area is 125 Å². The van der Waals surface area contributed by atoms with Crippen LogP contribution in [0.2, 0.25) is 0 Å². The lowest BCUT2D eigenvalue weighted by molar-refractivity contribution is 0.102. The predicted octanol–water partition coefficient (Wildman–Crippen LogP) is 2.32. The molecule has 0 aliphatic carbocycles. The van der Waals surface area contributed by atoms with Crippen LogP contribution in [-0.2, 0) is 0 Å². The highest BCUT2D eigenvalue weighted by Gasteiger charge is 2.13. The van der Waals surface area contributed by atoms with Gasteiger partial charge in [-0.05, 0) is 18.2 Å². The molecule has 2 rings (SSSR count). The quantitative estimate of drug-likeness (QED) is 0.835. The Hall–Kier alpha value is -2.67. The van der Waals surface area contributed by atoms with Crippen molar-refractivity contribution in [2.24, 2.45) is 5.73 Å². The summed E-state index contributed by atoms with van der Waals surface area (Å²) in [5.74, 6) is 4.43. The molecule has 3 N–H and O–H groups in total. The summed E-state index contributed by atoms with van der Waals surface area (Å²) in [6, 6.07) is 7.42. The fourth-order valence-electron chi connectivity index (χ4n) is 1.60. The first-order chi connectivity index (χ1) is 10.2. The van der Waals surface area contributed by atoms with Crippen LogP contribution in [0.25, 0.3) is 0 Å². The molecule has 1 heterocycles. The van der Waals surface area contributed by atoms with E-state index in [1.165, 1.54) is 29.5 Å². The van der Waals surface area contributed by atoms with Gasteiger partial charge in [0.25, 0.3) is 5.91 Å². The van der Waals surface area contributed by atoms with Crippen molar-refractivity contribution < 1.29 is 9.18 Å². The van der Waals surface area contributed by atoms with Crippen molar-refractivity contribution in [3.05, 3.63) is 51.5 Å². The molecule has 0 saturated carbocycles. The van der Waals surface area contributed by atoms with Gasteiger partial charge in [0.05, 0.1) is 22.7 Å². The summed E-state index contributed by atoms with van der Waals surface area (Å²) in [5.41, 5.74) is 5.63. The number of thiophene rings is 1. The minimum Gasteiger partial charge on any atom is -0.321 e. The first-order valence-electron chi connectivity index (χ1n) is 5.93. The van der Waals surface area contributed by atoms with Gasteiger partial charge in [-0.1, -0.05) is 17.9 Å². The Balaban J connectivity index is 2.21. The summed E-state index contributed by atoms with van der Waals surface area (Å²) in [7, 11) is 0. The Morgan fingerprint density at radius 1 is 1.48 bits per heavy atom. The minimum atomic E-state index is -0.671. The van der Waals surface area contributed by atoms with Gasteiger partial charge in [-0.3, -0.25) is 4.79 Å². The van der Waals surface area contributed by atoms with Crippen molar-refractivity contribution in [2.75, 3.05) is 11.9 Å². The van der Waals surface area contributed by atoms with Gasteiger partial charge in [-0.2, -0.15) is 5.26 Å². The van der Waals surface area contributed by atoms with Crippen LogP contribution in [0, 0.1) is 29.0 Å². The highest BCUT2D eigenvalue weighted by Crippen LogP contribution is 2.20. The van der Waals surface area contributed by atoms with Crippen LogP contribution in [-0.4, -0.2) is 12.5 Å². The van der Waals surface area contributed by atoms with Crippen LogP contribution < -0.4 is 11.1 Å². The third kappa shape index (κ3) is 3.46. The molecule has 0 radical (unpaired) electrons. The van der Waals surface area contributed by atoms with Crippen molar-refractivity contribution in [1.29, 1.82) is 5.26 Å². The van der Waals surface area contributed by atoms with E-state index in [0.717, 1.165) is 0 Å². The molecule has 4 nitrogen and oxygen atoms in total. The number of carbonyl (C=O) groups is 1. The van der Waals surface area contributed by atoms with Gasteiger partial charge in [0, 0.05) is 5.38 Å². The van der Waals surface area contributed by atoms with E-state index < -0.39 is 11.7 Å². The number of carbonyl (C=O) groups excluding carboxylic acids is 1. The van der Waals surface area contributed by atoms with Crippen molar-refractivity contribution in [3.8, 4) is 17.9 Å². The summed E-state index contributed by atoms with van der Waals surface area (Å²) < 4.78 is 13.4. The standard InChI is InChI=1S/C15H10FN3OS/c16-13-4-1-5-14(12(13)8-18)19-15(20)10-7-11(21-9-10)3-2-6-17/h1,4-5,7,9H,6,17H2,(H,19,20). The highest BCUT2D eigenvalue weighted by atomic mass is 32.1. The molecule has 1 aromatic heterocycles. The van der Waals surface area contributed by atoms with E-state index in [9.17, 15) is 9.18 Å². The van der Waals surface area contributed by atoms with E-state index in [2.05, 4.69) is 17.2 Å². The number of hydrogen-bond donors (Lipinski definition) is 2. The first kappa shape index (κ1) is 14.7. The van der Waals surface area contributed by atoms with E-state index >= 15 is 0 Å². The molecule has 0 spiro atoms. The third-order valence-corrected chi connectivity index (χ3v) is 3.39. The van der Waals surface area contributed by atoms with Crippen LogP contribution in [0.1, 0.15) is 20.8 Å². The summed E-state index contributed by atoms with van der Waals surface area (Å²) >= 11 is 1.31. The zero-order chi connectivity index (χ0) is 15.2. The van der Waals surface area contributed by atoms with Gasteiger partial charge in [-0.25, -0.2) is 4.39 Å². The van der Waals surface area contributed by atoms with Gasteiger partial charge in [-0.15, -0.1) is 11.3 Å². The Morgan fingerprint density at radius 2 is 2.29 bits per heavy atom. The zero-order valence-corrected chi connectivity index (χ0v) is 11.6. The lowest BCUT2D eigenvalue weighted by Crippen LogP contribution is -2.12. The van der Waals surface area contributed by atoms with Gasteiger partial charge in [0.15, 0.2) is 0 Å². The third-order valence-electron chi connectivity index (χ3n) is 2.55. The number of nitrogens with zero attached hydrogens (tertiary/aromatic N) is 1. The summed E-state index contributed by atoms with van der Waals surface area (Å²) in [5, 5.41) is 13.1. The van der Waals surface area contributed by atoms with Crippen molar-refractivity contribution in [1.82, 2.24) is 0 Å². The zero-order valence-electron chi connectivity index (χ0n) is 10.8. The fourth-order valence-corrected chi connectivity index (χ4v) is 2.35. The maximum Gasteiger partial charge on any atom is 0.256 e. The molecule has 0 bridgehead atoms. The number of nitrogens with one attached hydrogen (secondary N) is 1. The molecule has 104 valence electrons. The normalized spacial score (nSPS) is 9.38. The maximum atomic E-state index is 13.4. The molecule has 1 amide bonds. The van der Waals surface area contributed by atoms with Gasteiger partial charge < -0.3 is 11.1 Å². The largest absolute Gasteiger partial charge is 0.321 e. The average Bonchev–Trinajstić information content (AvgIpc) is 2.94. The summed E-state index contributed by atoms with van der Waals surface area (Å²) in [6.07, 6.45) is 0. The number of halogens is 1. The molecule has 1 aromatic carbocycles. The molecule has 0 aliphatic heterocycles. The number of benzene rings is 1. The Morgan fingerprint density at radius 3 is 3.00 bits per heavy atom. The second kappa shape index (κ2) is 6.67. The van der Waals surface area contributed by atoms with Crippen LogP contribution in [0.5, 0.6) is 0 Å². The number of hydrogen-bond acceptors (Lipinski definition) is 4. The second-order valence-electron chi connectivity index (χ2n) is 3.93. The van der Waals surface area contributed by atoms with E-state index in [4.69, 9.17) is 11.0 Å². The van der Waals surface area contributed by atoms with E-state index in [1.807, 2.05) is 0 Å². The van der Waals surface area contributed by atoms with Crippen LogP contribution in [0.4, 0.5) is 10.1 Å². The molecule has 6 heteroatoms. The van der Waals surface area contributed by atoms with E-state index in [1.54, 1.807) is 17.5 Å². The number of anilines is 1. The Bertz CT molecular complexity index is 780. The van der Waals surface area contributed by atoms with Crippen molar-refractivity contribution >= 4 is 22.9 Å². The van der Waals surface area contributed by atoms with E-state index in [-0.39, 0.29) is 17.8 Å². The molecule has 0 aliphatic rings. The van der Waals surface area contributed by atoms with Gasteiger partial charge in [0.2, 0.25) is 0 Å². The van der Waals surface area contributed by atoms with Crippen LogP contribution >= 0.6 is 11.3 Å². The molecule has 2 aromatic rings. The number of nitrogens with two attached hydrogens (primary N) is 1. The second-order valence-corrected chi connectivity index (χ2v) is 4.85. The van der Waals surface area contributed by atoms with Gasteiger partial charge >= 0.3 is 0 Å². The maximum absolute atomic E-state index is 13.4. The molecular weight excluding hydrogens is 289 g/mol. The van der Waals surface area contributed by atoms with Crippen LogP contribution in [0.3, 0.4) is 0 Å². The van der Waals surface area contributed by atoms with Crippen LogP contribution in [0.15, 0.2) is 29.6 Å². The Kier molecular flexibility index (Phi) is 4.68. The van der Waals surface area contributed by atoms with E-state index in [0.29, 0.717) is 10.4 Å². The highest BCUT2D eigenvalue weighted by molar-refractivity contribution is 7.10. The molecule has 0 atom stereocenters. The minimum absolute atomic E-state index is 0.142. The monoisotopic (exact) mass is 299 g/mol. The lowest BCUT2D eigenvalue weighted by Gasteiger charge is -2.06. The predicted molar refractivity (Wildman–Crippen MR) is 79.3 cm³/mol. The summed E-state index contributed by atoms with van der Waals surface area (Å²) in [4.78, 5) is 12.8. The average molecular weight is 299 g/mol. The summed E-state index contributed by atoms with van der Waals surface area (Å²) in [6.45, 7) is 0.244. The lowest BCUT2D eigenvalue weighted by atomic mass is 10.1. The molecular formula is C15H10FN3OS. The number of amides is 1. The van der Waals surface area contributed by atoms with Crippen molar-refractivity contribution in [2.45, 2.75) is 0 Å².